The minimum absolute atomic E-state index is 0.278. The summed E-state index contributed by atoms with van der Waals surface area (Å²) in [5, 5.41) is 2.60. The predicted molar refractivity (Wildman–Crippen MR) is 86.6 cm³/mol. The molecule has 3 rings (SSSR count). The molecule has 1 saturated heterocycles. The van der Waals surface area contributed by atoms with E-state index in [4.69, 9.17) is 4.42 Å². The molecule has 3 amide bonds. The summed E-state index contributed by atoms with van der Waals surface area (Å²) in [5.41, 5.74) is 1.08. The third-order valence-electron chi connectivity index (χ3n) is 4.27. The van der Waals surface area contributed by atoms with E-state index in [1.165, 1.54) is 6.26 Å². The van der Waals surface area contributed by atoms with Gasteiger partial charge in [-0.2, -0.15) is 0 Å². The molecule has 0 aliphatic carbocycles. The van der Waals surface area contributed by atoms with Gasteiger partial charge in [0.2, 0.25) is 0 Å². The number of hydrogen-bond donors (Lipinski definition) is 1. The first-order valence-electron chi connectivity index (χ1n) is 7.61. The summed E-state index contributed by atoms with van der Waals surface area (Å²) in [6.07, 6.45) is 1.43. The molecule has 2 heterocycles. The highest BCUT2D eigenvalue weighted by atomic mass is 16.3. The van der Waals surface area contributed by atoms with Crippen LogP contribution in [0.2, 0.25) is 0 Å². The Morgan fingerprint density at radius 1 is 1.25 bits per heavy atom. The third-order valence-corrected chi connectivity index (χ3v) is 4.27. The van der Waals surface area contributed by atoms with Gasteiger partial charge in [-0.1, -0.05) is 23.8 Å². The van der Waals surface area contributed by atoms with Gasteiger partial charge in [-0.05, 0) is 38.5 Å². The molecule has 1 atom stereocenters. The van der Waals surface area contributed by atoms with E-state index in [0.29, 0.717) is 11.3 Å². The Bertz CT molecular complexity index is 826. The summed E-state index contributed by atoms with van der Waals surface area (Å²) in [6, 6.07) is 8.11. The molecule has 124 valence electrons. The average molecular weight is 326 g/mol. The smallest absolute Gasteiger partial charge is 0.325 e. The van der Waals surface area contributed by atoms with Crippen molar-refractivity contribution in [2.24, 2.45) is 0 Å². The summed E-state index contributed by atoms with van der Waals surface area (Å²) >= 11 is 0. The van der Waals surface area contributed by atoms with Gasteiger partial charge in [0.1, 0.15) is 5.76 Å². The first kappa shape index (κ1) is 16.0. The summed E-state index contributed by atoms with van der Waals surface area (Å²) in [5.74, 6) is -0.442. The van der Waals surface area contributed by atoms with Crippen molar-refractivity contribution < 1.29 is 18.8 Å². The number of amides is 3. The van der Waals surface area contributed by atoms with E-state index >= 15 is 0 Å². The number of benzene rings is 1. The number of urea groups is 1. The van der Waals surface area contributed by atoms with Crippen LogP contribution in [0.3, 0.4) is 0 Å². The molecular formula is C18H18N2O4. The number of nitrogens with zero attached hydrogens (tertiary/aromatic N) is 1. The standard InChI is InChI=1S/C18H18N2O4/c1-11-6-7-13(12(2)9-11)14(21)10-20-16(22)18(3,19-17(20)23)15-5-4-8-24-15/h4-9H,10H2,1-3H3,(H,19,23). The second-order valence-corrected chi connectivity index (χ2v) is 6.17. The molecule has 1 aromatic carbocycles. The number of ketones is 1. The molecule has 0 bridgehead atoms. The predicted octanol–water partition coefficient (Wildman–Crippen LogP) is 2.55. The monoisotopic (exact) mass is 326 g/mol. The fourth-order valence-corrected chi connectivity index (χ4v) is 2.93. The highest BCUT2D eigenvalue weighted by Crippen LogP contribution is 2.29. The quantitative estimate of drug-likeness (QED) is 0.692. The van der Waals surface area contributed by atoms with E-state index in [1.54, 1.807) is 25.1 Å². The van der Waals surface area contributed by atoms with Gasteiger partial charge in [0.25, 0.3) is 5.91 Å². The number of aryl methyl sites for hydroxylation is 2. The van der Waals surface area contributed by atoms with Gasteiger partial charge < -0.3 is 9.73 Å². The Labute approximate surface area is 139 Å². The molecule has 0 radical (unpaired) electrons. The molecule has 2 aromatic rings. The molecule has 1 aromatic heterocycles. The zero-order chi connectivity index (χ0) is 17.5. The second kappa shape index (κ2) is 5.63. The van der Waals surface area contributed by atoms with Crippen molar-refractivity contribution in [2.45, 2.75) is 26.3 Å². The van der Waals surface area contributed by atoms with Crippen molar-refractivity contribution in [3.05, 3.63) is 59.0 Å². The van der Waals surface area contributed by atoms with Crippen LogP contribution in [0, 0.1) is 13.8 Å². The van der Waals surface area contributed by atoms with E-state index in [0.717, 1.165) is 16.0 Å². The highest BCUT2D eigenvalue weighted by molar-refractivity contribution is 6.11. The fraction of sp³-hybridized carbons (Fsp3) is 0.278. The number of furan rings is 1. The summed E-state index contributed by atoms with van der Waals surface area (Å²) in [6.45, 7) is 5.03. The van der Waals surface area contributed by atoms with Crippen LogP contribution in [0.4, 0.5) is 4.79 Å². The number of carbonyl (C=O) groups is 3. The number of nitrogens with one attached hydrogen (secondary N) is 1. The molecule has 1 aliphatic rings. The Kier molecular flexibility index (Phi) is 3.75. The molecule has 0 spiro atoms. The van der Waals surface area contributed by atoms with Gasteiger partial charge >= 0.3 is 6.03 Å². The molecule has 6 nitrogen and oxygen atoms in total. The van der Waals surface area contributed by atoms with Crippen LogP contribution in [0.5, 0.6) is 0 Å². The van der Waals surface area contributed by atoms with Gasteiger partial charge in [0, 0.05) is 5.56 Å². The van der Waals surface area contributed by atoms with Crippen molar-refractivity contribution >= 4 is 17.7 Å². The van der Waals surface area contributed by atoms with Crippen molar-refractivity contribution in [3.63, 3.8) is 0 Å². The molecule has 1 N–H and O–H groups in total. The van der Waals surface area contributed by atoms with Crippen molar-refractivity contribution in [3.8, 4) is 0 Å². The first-order valence-corrected chi connectivity index (χ1v) is 7.61. The number of Topliss-reactive ketones (excluding diaryl/α,β-unsaturated/α-hetero) is 1. The molecule has 1 unspecified atom stereocenters. The lowest BCUT2D eigenvalue weighted by molar-refractivity contribution is -0.131. The van der Waals surface area contributed by atoms with E-state index in [2.05, 4.69) is 5.32 Å². The van der Waals surface area contributed by atoms with Crippen LogP contribution in [0.25, 0.3) is 0 Å². The fourth-order valence-electron chi connectivity index (χ4n) is 2.93. The summed E-state index contributed by atoms with van der Waals surface area (Å²) in [4.78, 5) is 38.3. The van der Waals surface area contributed by atoms with Crippen molar-refractivity contribution in [2.75, 3.05) is 6.54 Å². The lowest BCUT2D eigenvalue weighted by Gasteiger charge is -2.19. The molecule has 6 heteroatoms. The Morgan fingerprint density at radius 3 is 2.62 bits per heavy atom. The lowest BCUT2D eigenvalue weighted by Crippen LogP contribution is -2.41. The largest absolute Gasteiger partial charge is 0.466 e. The maximum absolute atomic E-state index is 12.7. The van der Waals surface area contributed by atoms with Gasteiger partial charge in [0.05, 0.1) is 12.8 Å². The Hall–Kier alpha value is -2.89. The lowest BCUT2D eigenvalue weighted by atomic mass is 9.98. The Morgan fingerprint density at radius 2 is 2.00 bits per heavy atom. The topological polar surface area (TPSA) is 79.6 Å². The third kappa shape index (κ3) is 2.50. The highest BCUT2D eigenvalue weighted by Gasteiger charge is 2.51. The number of hydrogen-bond acceptors (Lipinski definition) is 4. The van der Waals surface area contributed by atoms with E-state index in [1.807, 2.05) is 26.0 Å². The van der Waals surface area contributed by atoms with Gasteiger partial charge in [-0.15, -0.1) is 0 Å². The number of rotatable bonds is 4. The molecule has 1 aliphatic heterocycles. The van der Waals surface area contributed by atoms with E-state index in [-0.39, 0.29) is 12.3 Å². The molecule has 24 heavy (non-hydrogen) atoms. The minimum Gasteiger partial charge on any atom is -0.466 e. The van der Waals surface area contributed by atoms with Crippen LogP contribution in [-0.4, -0.2) is 29.2 Å². The minimum atomic E-state index is -1.29. The summed E-state index contributed by atoms with van der Waals surface area (Å²) in [7, 11) is 0. The SMILES string of the molecule is Cc1ccc(C(=O)CN2C(=O)NC(C)(c3ccco3)C2=O)c(C)c1. The molecule has 1 fully saturated rings. The summed E-state index contributed by atoms with van der Waals surface area (Å²) < 4.78 is 5.26. The van der Waals surface area contributed by atoms with Crippen LogP contribution < -0.4 is 5.32 Å². The zero-order valence-corrected chi connectivity index (χ0v) is 13.8. The van der Waals surface area contributed by atoms with Crippen LogP contribution in [0.1, 0.15) is 34.2 Å². The van der Waals surface area contributed by atoms with Gasteiger partial charge in [0.15, 0.2) is 11.3 Å². The van der Waals surface area contributed by atoms with Gasteiger partial charge in [-0.25, -0.2) is 4.79 Å². The number of carbonyl (C=O) groups excluding carboxylic acids is 3. The van der Waals surface area contributed by atoms with Crippen LogP contribution in [-0.2, 0) is 10.3 Å². The van der Waals surface area contributed by atoms with Crippen molar-refractivity contribution in [1.29, 1.82) is 0 Å². The van der Waals surface area contributed by atoms with Crippen molar-refractivity contribution in [1.82, 2.24) is 10.2 Å². The molecular weight excluding hydrogens is 308 g/mol. The maximum Gasteiger partial charge on any atom is 0.325 e. The first-order chi connectivity index (χ1) is 11.3. The van der Waals surface area contributed by atoms with Gasteiger partial charge in [-0.3, -0.25) is 14.5 Å². The molecule has 0 saturated carbocycles. The maximum atomic E-state index is 12.7. The van der Waals surface area contributed by atoms with Crippen LogP contribution in [0.15, 0.2) is 41.0 Å². The number of imide groups is 1. The average Bonchev–Trinajstić information content (AvgIpc) is 3.12. The normalized spacial score (nSPS) is 20.4. The van der Waals surface area contributed by atoms with E-state index < -0.39 is 17.5 Å². The zero-order valence-electron chi connectivity index (χ0n) is 13.8. The van der Waals surface area contributed by atoms with Crippen LogP contribution >= 0.6 is 0 Å². The Balaban J connectivity index is 1.84. The van der Waals surface area contributed by atoms with E-state index in [9.17, 15) is 14.4 Å². The second-order valence-electron chi connectivity index (χ2n) is 6.17.